The second-order valence-corrected chi connectivity index (χ2v) is 22.3. The highest BCUT2D eigenvalue weighted by atomic mass is 16.3. The minimum Gasteiger partial charge on any atom is -0.456 e. The third-order valence-electron chi connectivity index (χ3n) is 17.9. The van der Waals surface area contributed by atoms with Gasteiger partial charge in [0.05, 0.1) is 11.1 Å². The molecule has 0 saturated carbocycles. The molecule has 2 heteroatoms. The number of hydrogen-bond donors (Lipinski definition) is 0. The van der Waals surface area contributed by atoms with Crippen LogP contribution in [0, 0.1) is 0 Å². The molecule has 12 aromatic rings. The van der Waals surface area contributed by atoms with Crippen LogP contribution in [0.5, 0.6) is 0 Å². The molecule has 1 aromatic heterocycles. The Morgan fingerprint density at radius 1 is 0.293 bits per heavy atom. The van der Waals surface area contributed by atoms with Gasteiger partial charge >= 0.3 is 0 Å². The minimum absolute atomic E-state index is 0.154. The van der Waals surface area contributed by atoms with E-state index in [9.17, 15) is 0 Å². The molecule has 75 heavy (non-hydrogen) atoms. The molecule has 0 saturated heterocycles. The van der Waals surface area contributed by atoms with Crippen LogP contribution in [0.2, 0.25) is 0 Å². The van der Waals surface area contributed by atoms with Crippen LogP contribution in [0.25, 0.3) is 88.7 Å². The molecule has 0 radical (unpaired) electrons. The molecule has 1 heterocycles. The third-order valence-corrected chi connectivity index (χ3v) is 17.9. The Balaban J connectivity index is 0.934. The van der Waals surface area contributed by atoms with Crippen LogP contribution in [0.4, 0.5) is 17.1 Å². The predicted molar refractivity (Wildman–Crippen MR) is 311 cm³/mol. The van der Waals surface area contributed by atoms with Gasteiger partial charge in [0.2, 0.25) is 0 Å². The van der Waals surface area contributed by atoms with E-state index in [1.54, 1.807) is 0 Å². The maximum absolute atomic E-state index is 6.84. The van der Waals surface area contributed by atoms with Crippen molar-refractivity contribution in [3.63, 3.8) is 0 Å². The van der Waals surface area contributed by atoms with Crippen LogP contribution < -0.4 is 4.90 Å². The molecular weight excluding hydrogens is 907 g/mol. The molecule has 1 spiro atoms. The van der Waals surface area contributed by atoms with Crippen LogP contribution >= 0.6 is 0 Å². The normalized spacial score (nSPS) is 15.0. The van der Waals surface area contributed by atoms with Gasteiger partial charge in [-0.3, -0.25) is 0 Å². The molecule has 4 aliphatic carbocycles. The highest BCUT2D eigenvalue weighted by Crippen LogP contribution is 2.65. The maximum atomic E-state index is 6.84. The summed E-state index contributed by atoms with van der Waals surface area (Å²) in [4.78, 5) is 2.52. The molecule has 0 aliphatic heterocycles. The smallest absolute Gasteiger partial charge is 0.135 e. The molecular formula is C73H51NO. The predicted octanol–water partition coefficient (Wildman–Crippen LogP) is 19.3. The molecule has 0 N–H and O–H groups in total. The van der Waals surface area contributed by atoms with Gasteiger partial charge in [0.15, 0.2) is 0 Å². The van der Waals surface area contributed by atoms with Crippen molar-refractivity contribution in [2.75, 3.05) is 4.90 Å². The number of furan rings is 1. The monoisotopic (exact) mass is 957 g/mol. The average Bonchev–Trinajstić information content (AvgIpc) is 4.29. The molecule has 11 aromatic carbocycles. The number of rotatable bonds is 5. The Bertz CT molecular complexity index is 4390. The number of hydrogen-bond acceptors (Lipinski definition) is 2. The number of anilines is 3. The van der Waals surface area contributed by atoms with E-state index in [1.807, 2.05) is 0 Å². The van der Waals surface area contributed by atoms with E-state index in [4.69, 9.17) is 4.42 Å². The Hall–Kier alpha value is -8.98. The topological polar surface area (TPSA) is 16.4 Å². The van der Waals surface area contributed by atoms with E-state index in [0.717, 1.165) is 38.9 Å². The summed E-state index contributed by atoms with van der Waals surface area (Å²) in [7, 11) is 0. The fraction of sp³-hybridized carbons (Fsp3) is 0.0959. The lowest BCUT2D eigenvalue weighted by atomic mass is 9.70. The summed E-state index contributed by atoms with van der Waals surface area (Å²) in [5, 5.41) is 2.18. The van der Waals surface area contributed by atoms with E-state index in [2.05, 4.69) is 269 Å². The molecule has 16 rings (SSSR count). The van der Waals surface area contributed by atoms with Gasteiger partial charge in [-0.05, 0) is 166 Å². The molecule has 0 bridgehead atoms. The fourth-order valence-electron chi connectivity index (χ4n) is 14.5. The second-order valence-electron chi connectivity index (χ2n) is 22.3. The lowest BCUT2D eigenvalue weighted by Crippen LogP contribution is -2.25. The van der Waals surface area contributed by atoms with Crippen molar-refractivity contribution in [1.82, 2.24) is 0 Å². The molecule has 4 aliphatic rings. The number of fused-ring (bicyclic) bond motifs is 19. The van der Waals surface area contributed by atoms with Gasteiger partial charge in [-0.2, -0.15) is 0 Å². The second kappa shape index (κ2) is 15.1. The van der Waals surface area contributed by atoms with E-state index >= 15 is 0 Å². The van der Waals surface area contributed by atoms with Crippen LogP contribution in [0.15, 0.2) is 241 Å². The lowest BCUT2D eigenvalue weighted by molar-refractivity contribution is 0.660. The maximum Gasteiger partial charge on any atom is 0.135 e. The molecule has 0 fully saturated rings. The van der Waals surface area contributed by atoms with E-state index in [0.29, 0.717) is 0 Å². The van der Waals surface area contributed by atoms with Crippen molar-refractivity contribution in [2.45, 2.75) is 43.9 Å². The first kappa shape index (κ1) is 42.5. The largest absolute Gasteiger partial charge is 0.456 e. The first-order chi connectivity index (χ1) is 36.7. The summed E-state index contributed by atoms with van der Waals surface area (Å²) >= 11 is 0. The molecule has 0 unspecified atom stereocenters. The fourth-order valence-corrected chi connectivity index (χ4v) is 14.5. The summed E-state index contributed by atoms with van der Waals surface area (Å²) in [5.41, 5.74) is 30.3. The average molecular weight is 958 g/mol. The Kier molecular flexibility index (Phi) is 8.54. The quantitative estimate of drug-likeness (QED) is 0.171. The summed E-state index contributed by atoms with van der Waals surface area (Å²) in [6, 6.07) is 88.9. The number of nitrogens with zero attached hydrogens (tertiary/aromatic N) is 1. The van der Waals surface area contributed by atoms with Gasteiger partial charge in [0.1, 0.15) is 11.2 Å². The Labute approximate surface area is 437 Å². The van der Waals surface area contributed by atoms with Gasteiger partial charge in [-0.15, -0.1) is 0 Å². The SMILES string of the molecule is CC1(C)c2ccccc2-c2ccc(N(c3ccc4oc5ccc(-c6cc(-c7ccccc7)cc7c6-c6ccccc6C76c7ccccc7-c7ccccc76)cc5c4c3)c3cccc4c3-c3ccccc3C4(C)C)cc21. The zero-order valence-electron chi connectivity index (χ0n) is 42.4. The van der Waals surface area contributed by atoms with Gasteiger partial charge in [-0.25, -0.2) is 0 Å². The zero-order valence-corrected chi connectivity index (χ0v) is 42.4. The Morgan fingerprint density at radius 3 is 1.48 bits per heavy atom. The third kappa shape index (κ3) is 5.59. The van der Waals surface area contributed by atoms with Crippen LogP contribution in [-0.2, 0) is 16.2 Å². The summed E-state index contributed by atoms with van der Waals surface area (Å²) < 4.78 is 6.84. The molecule has 2 nitrogen and oxygen atoms in total. The first-order valence-electron chi connectivity index (χ1n) is 26.5. The van der Waals surface area contributed by atoms with Crippen molar-refractivity contribution in [3.05, 3.63) is 281 Å². The van der Waals surface area contributed by atoms with Crippen molar-refractivity contribution < 1.29 is 4.42 Å². The van der Waals surface area contributed by atoms with Crippen molar-refractivity contribution in [1.29, 1.82) is 0 Å². The van der Waals surface area contributed by atoms with E-state index in [1.165, 1.54) is 111 Å². The first-order valence-corrected chi connectivity index (χ1v) is 26.5. The summed E-state index contributed by atoms with van der Waals surface area (Å²) in [6.45, 7) is 9.50. The van der Waals surface area contributed by atoms with E-state index in [-0.39, 0.29) is 10.8 Å². The lowest BCUT2D eigenvalue weighted by Gasteiger charge is -2.31. The van der Waals surface area contributed by atoms with Crippen LogP contribution in [0.1, 0.15) is 72.2 Å². The Morgan fingerprint density at radius 2 is 0.787 bits per heavy atom. The summed E-state index contributed by atoms with van der Waals surface area (Å²) in [5.74, 6) is 0. The van der Waals surface area contributed by atoms with Gasteiger partial charge in [0.25, 0.3) is 0 Å². The van der Waals surface area contributed by atoms with E-state index < -0.39 is 5.41 Å². The molecule has 354 valence electrons. The van der Waals surface area contributed by atoms with Crippen molar-refractivity contribution in [2.24, 2.45) is 0 Å². The highest BCUT2D eigenvalue weighted by molar-refractivity contribution is 6.10. The van der Waals surface area contributed by atoms with Gasteiger partial charge < -0.3 is 9.32 Å². The van der Waals surface area contributed by atoms with Crippen LogP contribution in [-0.4, -0.2) is 0 Å². The molecule has 0 atom stereocenters. The van der Waals surface area contributed by atoms with Gasteiger partial charge in [-0.1, -0.05) is 204 Å². The standard InChI is InChI=1S/C73H51NO/c1-71(2)59-27-14-11-24-53(59)70-63(71)31-18-32-66(70)74(48-34-36-52-49-21-8-13-26-58(49)72(3,4)64(52)43-48)47-35-38-68-57(42-47)56-39-45(33-37-67(56)75-68)55-40-46(44-19-6-5-7-20-44)41-65-69(55)54-25-12-17-30-62(54)73(65)60-28-15-9-22-50(60)51-23-10-16-29-61(51)73/h5-43H,1-4H3. The minimum atomic E-state index is -0.480. The number of benzene rings is 11. The molecule has 0 amide bonds. The van der Waals surface area contributed by atoms with Crippen molar-refractivity contribution in [3.8, 4) is 66.8 Å². The highest BCUT2D eigenvalue weighted by Gasteiger charge is 2.52. The van der Waals surface area contributed by atoms with Crippen molar-refractivity contribution >= 4 is 39.0 Å². The zero-order chi connectivity index (χ0) is 50.0. The van der Waals surface area contributed by atoms with Gasteiger partial charge in [0, 0.05) is 38.5 Å². The summed E-state index contributed by atoms with van der Waals surface area (Å²) in [6.07, 6.45) is 0. The van der Waals surface area contributed by atoms with Crippen LogP contribution in [0.3, 0.4) is 0 Å².